The van der Waals surface area contributed by atoms with Gasteiger partial charge < -0.3 is 41.3 Å². The molecule has 10 N–H and O–H groups in total. The molecule has 0 atom stereocenters. The first kappa shape index (κ1) is 24.3. The van der Waals surface area contributed by atoms with Crippen LogP contribution in [0.4, 0.5) is 0 Å². The number of para-hydroxylation sites is 2. The van der Waals surface area contributed by atoms with Crippen LogP contribution < -0.4 is 22.1 Å². The minimum absolute atomic E-state index is 0.333. The van der Waals surface area contributed by atoms with E-state index in [1.54, 1.807) is 0 Å². The summed E-state index contributed by atoms with van der Waals surface area (Å²) in [5, 5.41) is 17.2. The van der Waals surface area contributed by atoms with Crippen molar-refractivity contribution in [1.29, 1.82) is 0 Å². The standard InChI is InChI=1S/2C6H7O4P.C2H8N2/c2*7-5-3-1-2-4-6(5)11(8,9)10;3-1-2-4/h2*1-4,7H,(H2,8,9,10);1-4H2. The van der Waals surface area contributed by atoms with Gasteiger partial charge in [-0.15, -0.1) is 0 Å². The summed E-state index contributed by atoms with van der Waals surface area (Å²) in [6.45, 7) is 1.19. The number of phenolic OH excluding ortho intramolecular Hbond substituents is 2. The van der Waals surface area contributed by atoms with Gasteiger partial charge in [0.05, 0.1) is 0 Å². The Kier molecular flexibility index (Phi) is 10.3. The third kappa shape index (κ3) is 9.10. The van der Waals surface area contributed by atoms with Crippen LogP contribution in [0.5, 0.6) is 11.5 Å². The number of benzene rings is 2. The molecule has 0 bridgehead atoms. The highest BCUT2D eigenvalue weighted by Gasteiger charge is 2.20. The second-order valence-corrected chi connectivity index (χ2v) is 7.78. The molecule has 0 saturated heterocycles. The van der Waals surface area contributed by atoms with Crippen molar-refractivity contribution < 1.29 is 38.9 Å². The van der Waals surface area contributed by atoms with Crippen molar-refractivity contribution in [2.45, 2.75) is 0 Å². The number of phenols is 2. The Morgan fingerprint density at radius 1 is 0.654 bits per heavy atom. The highest BCUT2D eigenvalue weighted by molar-refractivity contribution is 7.60. The lowest BCUT2D eigenvalue weighted by Gasteiger charge is -2.04. The van der Waals surface area contributed by atoms with Crippen LogP contribution in [0.25, 0.3) is 0 Å². The van der Waals surface area contributed by atoms with E-state index in [9.17, 15) is 9.13 Å². The average Bonchev–Trinajstić information content (AvgIpc) is 2.54. The Balaban J connectivity index is 0.000000401. The largest absolute Gasteiger partial charge is 0.507 e. The fourth-order valence-corrected chi connectivity index (χ4v) is 2.73. The predicted octanol–water partition coefficient (Wildman–Crippen LogP) is -0.706. The molecule has 12 heteroatoms. The van der Waals surface area contributed by atoms with Crippen molar-refractivity contribution in [3.63, 3.8) is 0 Å². The lowest BCUT2D eigenvalue weighted by atomic mass is 10.3. The van der Waals surface area contributed by atoms with Gasteiger partial charge in [-0.05, 0) is 24.3 Å². The molecule has 0 spiro atoms. The first-order valence-corrected chi connectivity index (χ1v) is 10.3. The minimum atomic E-state index is -4.31. The number of rotatable bonds is 3. The van der Waals surface area contributed by atoms with Crippen molar-refractivity contribution in [2.24, 2.45) is 11.5 Å². The zero-order valence-electron chi connectivity index (χ0n) is 13.6. The molecule has 26 heavy (non-hydrogen) atoms. The fraction of sp³-hybridized carbons (Fsp3) is 0.143. The number of hydrogen-bond acceptors (Lipinski definition) is 6. The monoisotopic (exact) mass is 408 g/mol. The van der Waals surface area contributed by atoms with E-state index >= 15 is 0 Å². The highest BCUT2D eigenvalue weighted by Crippen LogP contribution is 2.37. The smallest absolute Gasteiger partial charge is 0.359 e. The van der Waals surface area contributed by atoms with E-state index in [2.05, 4.69) is 0 Å². The topological polar surface area (TPSA) is 208 Å². The van der Waals surface area contributed by atoms with Crippen molar-refractivity contribution >= 4 is 25.8 Å². The van der Waals surface area contributed by atoms with Gasteiger partial charge in [-0.25, -0.2) is 0 Å². The molecular weight excluding hydrogens is 386 g/mol. The number of hydrogen-bond donors (Lipinski definition) is 8. The molecule has 0 aliphatic rings. The summed E-state index contributed by atoms with van der Waals surface area (Å²) in [6.07, 6.45) is 0. The number of aromatic hydroxyl groups is 2. The van der Waals surface area contributed by atoms with E-state index in [1.165, 1.54) is 48.5 Å². The summed E-state index contributed by atoms with van der Waals surface area (Å²) >= 11 is 0. The first-order chi connectivity index (χ1) is 11.9. The second-order valence-electron chi connectivity index (χ2n) is 4.64. The molecule has 2 rings (SSSR count). The van der Waals surface area contributed by atoms with Gasteiger partial charge in [-0.2, -0.15) is 0 Å². The maximum absolute atomic E-state index is 10.6. The van der Waals surface area contributed by atoms with Gasteiger partial charge in [-0.3, -0.25) is 9.13 Å². The van der Waals surface area contributed by atoms with E-state index in [-0.39, 0.29) is 22.1 Å². The Morgan fingerprint density at radius 3 is 1.08 bits per heavy atom. The molecule has 146 valence electrons. The normalized spacial score (nSPS) is 10.8. The van der Waals surface area contributed by atoms with Crippen LogP contribution in [0.3, 0.4) is 0 Å². The molecule has 2 aromatic carbocycles. The van der Waals surface area contributed by atoms with Crippen LogP contribution in [-0.4, -0.2) is 42.9 Å². The van der Waals surface area contributed by atoms with Crippen LogP contribution in [0.2, 0.25) is 0 Å². The van der Waals surface area contributed by atoms with E-state index in [0.29, 0.717) is 13.1 Å². The van der Waals surface area contributed by atoms with E-state index in [0.717, 1.165) is 0 Å². The molecule has 0 unspecified atom stereocenters. The molecular formula is C14H22N2O8P2. The van der Waals surface area contributed by atoms with Gasteiger partial charge in [0, 0.05) is 13.1 Å². The van der Waals surface area contributed by atoms with Crippen molar-refractivity contribution in [3.05, 3.63) is 48.5 Å². The third-order valence-corrected chi connectivity index (χ3v) is 4.57. The summed E-state index contributed by atoms with van der Waals surface area (Å²) in [5.74, 6) is -0.748. The fourth-order valence-electron chi connectivity index (χ4n) is 1.42. The summed E-state index contributed by atoms with van der Waals surface area (Å²) in [6, 6.07) is 10.7. The lowest BCUT2D eigenvalue weighted by Crippen LogP contribution is -2.11. The molecule has 0 radical (unpaired) electrons. The molecule has 0 aromatic heterocycles. The SMILES string of the molecule is NCCN.O=P(O)(O)c1ccccc1O.O=P(O)(O)c1ccccc1O. The third-order valence-electron chi connectivity index (χ3n) is 2.56. The Labute approximate surface area is 150 Å². The second kappa shape index (κ2) is 11.1. The molecule has 0 aliphatic carbocycles. The maximum Gasteiger partial charge on any atom is 0.359 e. The van der Waals surface area contributed by atoms with Crippen LogP contribution >= 0.6 is 15.2 Å². The summed E-state index contributed by atoms with van der Waals surface area (Å²) in [7, 11) is -8.61. The number of nitrogens with two attached hydrogens (primary N) is 2. The molecule has 0 fully saturated rings. The van der Waals surface area contributed by atoms with Crippen molar-refractivity contribution in [3.8, 4) is 11.5 Å². The van der Waals surface area contributed by atoms with Gasteiger partial charge in [0.1, 0.15) is 22.1 Å². The predicted molar refractivity (Wildman–Crippen MR) is 97.7 cm³/mol. The molecule has 0 saturated carbocycles. The Hall–Kier alpha value is -1.74. The van der Waals surface area contributed by atoms with Gasteiger partial charge in [0.2, 0.25) is 0 Å². The highest BCUT2D eigenvalue weighted by atomic mass is 31.2. The molecule has 2 aromatic rings. The van der Waals surface area contributed by atoms with Gasteiger partial charge >= 0.3 is 15.2 Å². The summed E-state index contributed by atoms with van der Waals surface area (Å²) in [5.41, 5.74) is 9.81. The Morgan fingerprint density at radius 2 is 0.923 bits per heavy atom. The zero-order valence-corrected chi connectivity index (χ0v) is 15.4. The summed E-state index contributed by atoms with van der Waals surface area (Å²) in [4.78, 5) is 34.5. The maximum atomic E-state index is 10.6. The lowest BCUT2D eigenvalue weighted by molar-refractivity contribution is 0.382. The van der Waals surface area contributed by atoms with E-state index < -0.39 is 15.2 Å². The zero-order chi connectivity index (χ0) is 20.4. The van der Waals surface area contributed by atoms with E-state index in [1.807, 2.05) is 0 Å². The van der Waals surface area contributed by atoms with Gasteiger partial charge in [0.25, 0.3) is 0 Å². The molecule has 0 aliphatic heterocycles. The minimum Gasteiger partial charge on any atom is -0.507 e. The van der Waals surface area contributed by atoms with Gasteiger partial charge in [0.15, 0.2) is 0 Å². The van der Waals surface area contributed by atoms with Crippen LogP contribution in [0.1, 0.15) is 0 Å². The van der Waals surface area contributed by atoms with Crippen molar-refractivity contribution in [1.82, 2.24) is 0 Å². The van der Waals surface area contributed by atoms with Crippen molar-refractivity contribution in [2.75, 3.05) is 13.1 Å². The van der Waals surface area contributed by atoms with Crippen LogP contribution in [0, 0.1) is 0 Å². The van der Waals surface area contributed by atoms with E-state index in [4.69, 9.17) is 41.3 Å². The molecule has 0 amide bonds. The van der Waals surface area contributed by atoms with Crippen LogP contribution in [0.15, 0.2) is 48.5 Å². The van der Waals surface area contributed by atoms with Crippen LogP contribution in [-0.2, 0) is 9.13 Å². The average molecular weight is 408 g/mol. The Bertz CT molecular complexity index is 710. The molecule has 10 nitrogen and oxygen atoms in total. The first-order valence-electron chi connectivity index (χ1n) is 7.03. The molecule has 0 heterocycles. The summed E-state index contributed by atoms with van der Waals surface area (Å²) < 4.78 is 21.2. The quantitative estimate of drug-likeness (QED) is 0.299. The van der Waals surface area contributed by atoms with Gasteiger partial charge in [-0.1, -0.05) is 24.3 Å².